The molecule has 0 spiro atoms. The highest BCUT2D eigenvalue weighted by molar-refractivity contribution is 7.86. The van der Waals surface area contributed by atoms with Crippen molar-refractivity contribution in [2.45, 2.75) is 34.6 Å². The summed E-state index contributed by atoms with van der Waals surface area (Å²) in [6.45, 7) is 3.11. The Hall–Kier alpha value is -5.78. The summed E-state index contributed by atoms with van der Waals surface area (Å²) >= 11 is 0. The SMILES string of the molecule is CC1=NN(c2cc(S(=O)(=O)O)ccc2S(=O)(=O)O)C(=O)C1N=Nc1ccc(NC(=O)c2ccc(N=Nc3ccc(N)cc3C)cc2)c(S(=O)(=O)O)c1. The van der Waals surface area contributed by atoms with Crippen LogP contribution in [0.25, 0.3) is 0 Å². The lowest BCUT2D eigenvalue weighted by Gasteiger charge is -2.16. The van der Waals surface area contributed by atoms with Crippen LogP contribution in [0.2, 0.25) is 0 Å². The number of hydrogen-bond donors (Lipinski definition) is 5. The van der Waals surface area contributed by atoms with Gasteiger partial charge in [0.25, 0.3) is 42.2 Å². The minimum Gasteiger partial charge on any atom is -0.399 e. The molecule has 4 aromatic carbocycles. The van der Waals surface area contributed by atoms with E-state index in [2.05, 4.69) is 30.9 Å². The lowest BCUT2D eigenvalue weighted by Crippen LogP contribution is -2.30. The number of carbonyl (C=O) groups excluding carboxylic acids is 2. The second-order valence-corrected chi connectivity index (χ2v) is 15.2. The van der Waals surface area contributed by atoms with Gasteiger partial charge >= 0.3 is 0 Å². The van der Waals surface area contributed by atoms with E-state index >= 15 is 0 Å². The van der Waals surface area contributed by atoms with Gasteiger partial charge in [0, 0.05) is 11.3 Å². The maximum atomic E-state index is 13.2. The van der Waals surface area contributed by atoms with E-state index in [-0.39, 0.29) is 22.6 Å². The van der Waals surface area contributed by atoms with Crippen molar-refractivity contribution in [3.8, 4) is 0 Å². The molecule has 0 saturated carbocycles. The molecule has 0 bridgehead atoms. The first kappa shape index (κ1) is 37.5. The predicted octanol–water partition coefficient (Wildman–Crippen LogP) is 4.86. The third-order valence-electron chi connectivity index (χ3n) is 7.23. The molecule has 1 unspecified atom stereocenters. The Kier molecular flexibility index (Phi) is 10.2. The Morgan fingerprint density at radius 2 is 1.42 bits per heavy atom. The number of nitrogens with zero attached hydrogens (tertiary/aromatic N) is 6. The molecule has 270 valence electrons. The molecule has 0 aromatic heterocycles. The van der Waals surface area contributed by atoms with Crippen LogP contribution in [-0.2, 0) is 35.1 Å². The zero-order chi connectivity index (χ0) is 38.2. The number of aryl methyl sites for hydroxylation is 1. The average molecular weight is 771 g/mol. The highest BCUT2D eigenvalue weighted by Gasteiger charge is 2.38. The maximum Gasteiger partial charge on any atom is 0.296 e. The molecule has 1 atom stereocenters. The number of amides is 2. The molecule has 1 heterocycles. The molecule has 0 radical (unpaired) electrons. The Balaban J connectivity index is 1.35. The van der Waals surface area contributed by atoms with Crippen molar-refractivity contribution >= 4 is 82.0 Å². The van der Waals surface area contributed by atoms with E-state index in [0.29, 0.717) is 40.3 Å². The van der Waals surface area contributed by atoms with Gasteiger partial charge in [-0.3, -0.25) is 23.2 Å². The number of rotatable bonds is 10. The molecule has 52 heavy (non-hydrogen) atoms. The summed E-state index contributed by atoms with van der Waals surface area (Å²) in [6.07, 6.45) is 0. The van der Waals surface area contributed by atoms with Crippen molar-refractivity contribution in [2.24, 2.45) is 25.6 Å². The van der Waals surface area contributed by atoms with Gasteiger partial charge in [-0.2, -0.15) is 55.8 Å². The van der Waals surface area contributed by atoms with Crippen molar-refractivity contribution in [3.63, 3.8) is 0 Å². The van der Waals surface area contributed by atoms with Gasteiger partial charge in [0.15, 0.2) is 6.04 Å². The first-order valence-corrected chi connectivity index (χ1v) is 18.7. The molecule has 1 aliphatic heterocycles. The van der Waals surface area contributed by atoms with Crippen molar-refractivity contribution in [1.29, 1.82) is 0 Å². The highest BCUT2D eigenvalue weighted by Crippen LogP contribution is 2.33. The second kappa shape index (κ2) is 14.1. The Labute approximate surface area is 295 Å². The summed E-state index contributed by atoms with van der Waals surface area (Å²) in [5.74, 6) is -1.81. The van der Waals surface area contributed by atoms with E-state index in [1.807, 2.05) is 6.92 Å². The van der Waals surface area contributed by atoms with Crippen molar-refractivity contribution < 1.29 is 48.5 Å². The second-order valence-electron chi connectivity index (χ2n) is 11.0. The summed E-state index contributed by atoms with van der Waals surface area (Å²) in [7, 11) is -14.9. The lowest BCUT2D eigenvalue weighted by atomic mass is 10.2. The fraction of sp³-hybridized carbons (Fsp3) is 0.100. The van der Waals surface area contributed by atoms with E-state index in [0.717, 1.165) is 17.7 Å². The number of azo groups is 2. The molecule has 5 rings (SSSR count). The van der Waals surface area contributed by atoms with Crippen LogP contribution in [0.15, 0.2) is 119 Å². The third kappa shape index (κ3) is 8.39. The summed E-state index contributed by atoms with van der Waals surface area (Å²) in [5.41, 5.74) is 6.89. The van der Waals surface area contributed by atoms with Gasteiger partial charge in [0.1, 0.15) is 9.79 Å². The number of benzene rings is 4. The van der Waals surface area contributed by atoms with Crippen LogP contribution in [0.4, 0.5) is 34.1 Å². The van der Waals surface area contributed by atoms with Gasteiger partial charge in [-0.15, -0.1) is 0 Å². The van der Waals surface area contributed by atoms with E-state index in [1.165, 1.54) is 37.3 Å². The monoisotopic (exact) mass is 770 g/mol. The standard InChI is InChI=1S/C30H26N8O11S3/c1-16-13-19(31)5-10-23(16)35-33-20-6-3-18(4-7-20)29(39)32-24-11-8-21(14-27(24)52(47,48)49)34-36-28-17(2)37-38(30(28)40)25-15-22(50(41,42)43)9-12-26(25)51(44,45)46/h3-15,28H,31H2,1-2H3,(H,32,39)(H,41,42,43)(H,44,45,46)(H,47,48,49). The number of anilines is 3. The zero-order valence-electron chi connectivity index (χ0n) is 26.7. The van der Waals surface area contributed by atoms with Crippen molar-refractivity contribution in [3.05, 3.63) is 90.0 Å². The minimum absolute atomic E-state index is 0.0842. The normalized spacial score (nSPS) is 15.4. The number of nitrogens with one attached hydrogen (secondary N) is 1. The molecule has 0 aliphatic carbocycles. The molecule has 6 N–H and O–H groups in total. The fourth-order valence-electron chi connectivity index (χ4n) is 4.69. The average Bonchev–Trinajstić information content (AvgIpc) is 3.34. The molecular formula is C30H26N8O11S3. The number of nitrogens with two attached hydrogens (primary N) is 1. The molecule has 22 heteroatoms. The van der Waals surface area contributed by atoms with Crippen LogP contribution in [0.5, 0.6) is 0 Å². The zero-order valence-corrected chi connectivity index (χ0v) is 29.1. The van der Waals surface area contributed by atoms with E-state index in [4.69, 9.17) is 5.73 Å². The summed E-state index contributed by atoms with van der Waals surface area (Å²) in [4.78, 5) is 23.7. The molecule has 2 amide bonds. The molecule has 0 saturated heterocycles. The first-order valence-electron chi connectivity index (χ1n) is 14.4. The van der Waals surface area contributed by atoms with Crippen molar-refractivity contribution in [1.82, 2.24) is 0 Å². The molecule has 1 aliphatic rings. The molecular weight excluding hydrogens is 745 g/mol. The Morgan fingerprint density at radius 3 is 2.04 bits per heavy atom. The van der Waals surface area contributed by atoms with E-state index in [1.54, 1.807) is 18.2 Å². The smallest absolute Gasteiger partial charge is 0.296 e. The number of hydrazone groups is 1. The molecule has 19 nitrogen and oxygen atoms in total. The van der Waals surface area contributed by atoms with Crippen molar-refractivity contribution in [2.75, 3.05) is 16.1 Å². The number of nitrogen functional groups attached to an aromatic ring is 1. The summed E-state index contributed by atoms with van der Waals surface area (Å²) < 4.78 is 101. The van der Waals surface area contributed by atoms with Crippen LogP contribution in [0, 0.1) is 6.92 Å². The van der Waals surface area contributed by atoms with E-state index < -0.39 is 68.6 Å². The van der Waals surface area contributed by atoms with Crippen LogP contribution in [0.1, 0.15) is 22.8 Å². The molecule has 4 aromatic rings. The van der Waals surface area contributed by atoms with Crippen LogP contribution in [-0.4, -0.2) is 62.5 Å². The summed E-state index contributed by atoms with van der Waals surface area (Å²) in [6, 6.07) is 14.5. The third-order valence-corrected chi connectivity index (χ3v) is 9.88. The predicted molar refractivity (Wildman–Crippen MR) is 185 cm³/mol. The number of hydrogen-bond acceptors (Lipinski definition) is 14. The van der Waals surface area contributed by atoms with Crippen LogP contribution in [0.3, 0.4) is 0 Å². The van der Waals surface area contributed by atoms with Gasteiger partial charge < -0.3 is 11.1 Å². The van der Waals surface area contributed by atoms with Gasteiger partial charge in [-0.25, -0.2) is 0 Å². The fourth-order valence-corrected chi connectivity index (χ4v) is 6.51. The molecule has 0 fully saturated rings. The van der Waals surface area contributed by atoms with E-state index in [9.17, 15) is 48.5 Å². The minimum atomic E-state index is -5.03. The largest absolute Gasteiger partial charge is 0.399 e. The van der Waals surface area contributed by atoms with Crippen LogP contribution < -0.4 is 16.1 Å². The summed E-state index contributed by atoms with van der Waals surface area (Å²) in [5, 5.41) is 22.7. The Bertz CT molecular complexity index is 2560. The van der Waals surface area contributed by atoms with Gasteiger partial charge in [0.2, 0.25) is 0 Å². The lowest BCUT2D eigenvalue weighted by molar-refractivity contribution is -0.117. The van der Waals surface area contributed by atoms with Gasteiger partial charge in [0.05, 0.1) is 39.0 Å². The topological polar surface area (TPSA) is 300 Å². The highest BCUT2D eigenvalue weighted by atomic mass is 32.2. The first-order chi connectivity index (χ1) is 24.2. The Morgan fingerprint density at radius 1 is 0.769 bits per heavy atom. The number of carbonyl (C=O) groups is 2. The van der Waals surface area contributed by atoms with Crippen LogP contribution >= 0.6 is 0 Å². The quantitative estimate of drug-likeness (QED) is 0.0820. The maximum absolute atomic E-state index is 13.2. The van der Waals surface area contributed by atoms with Gasteiger partial charge in [-0.1, -0.05) is 0 Å². The van der Waals surface area contributed by atoms with Gasteiger partial charge in [-0.05, 0) is 98.3 Å².